The van der Waals surface area contributed by atoms with Gasteiger partial charge in [-0.3, -0.25) is 4.79 Å². The summed E-state index contributed by atoms with van der Waals surface area (Å²) in [5.41, 5.74) is 0.981. The van der Waals surface area contributed by atoms with Crippen molar-refractivity contribution >= 4 is 5.91 Å². The van der Waals surface area contributed by atoms with E-state index in [0.717, 1.165) is 18.5 Å². The molecule has 0 saturated carbocycles. The standard InChI is InChI=1S/C17H23F2NO3/c1-11(2)10-22-16-8-13(4-5-15(16)23-17(18)19)14-6-7-20(9-14)12(3)21/h4-5,8,11,14,17H,6-7,9-10H2,1-3H3/t14-/m1/s1. The lowest BCUT2D eigenvalue weighted by Crippen LogP contribution is -2.25. The van der Waals surface area contributed by atoms with Crippen LogP contribution in [-0.2, 0) is 4.79 Å². The molecule has 1 aromatic carbocycles. The molecule has 0 bridgehead atoms. The minimum atomic E-state index is -2.89. The van der Waals surface area contributed by atoms with E-state index < -0.39 is 6.61 Å². The molecule has 6 heteroatoms. The van der Waals surface area contributed by atoms with Crippen LogP contribution in [0.4, 0.5) is 8.78 Å². The molecular formula is C17H23F2NO3. The summed E-state index contributed by atoms with van der Waals surface area (Å²) in [6.45, 7) is 4.43. The Labute approximate surface area is 135 Å². The third-order valence-corrected chi connectivity index (χ3v) is 3.86. The second kappa shape index (κ2) is 7.62. The lowest BCUT2D eigenvalue weighted by atomic mass is 9.98. The Kier molecular flexibility index (Phi) is 5.80. The fourth-order valence-electron chi connectivity index (χ4n) is 2.66. The van der Waals surface area contributed by atoms with Gasteiger partial charge in [0.05, 0.1) is 6.61 Å². The summed E-state index contributed by atoms with van der Waals surface area (Å²) in [5.74, 6) is 0.906. The van der Waals surface area contributed by atoms with Crippen molar-refractivity contribution in [3.8, 4) is 11.5 Å². The van der Waals surface area contributed by atoms with Crippen LogP contribution in [0.5, 0.6) is 11.5 Å². The molecule has 1 saturated heterocycles. The highest BCUT2D eigenvalue weighted by molar-refractivity contribution is 5.73. The Hall–Kier alpha value is -1.85. The Balaban J connectivity index is 2.18. The summed E-state index contributed by atoms with van der Waals surface area (Å²) in [4.78, 5) is 13.2. The first-order valence-corrected chi connectivity index (χ1v) is 7.84. The number of carbonyl (C=O) groups excluding carboxylic acids is 1. The van der Waals surface area contributed by atoms with Crippen molar-refractivity contribution in [2.45, 2.75) is 39.7 Å². The SMILES string of the molecule is CC(=O)N1CC[C@@H](c2ccc(OC(F)F)c(OCC(C)C)c2)C1. The van der Waals surface area contributed by atoms with Crippen molar-refractivity contribution in [3.63, 3.8) is 0 Å². The van der Waals surface area contributed by atoms with Gasteiger partial charge in [0.2, 0.25) is 5.91 Å². The molecule has 1 heterocycles. The lowest BCUT2D eigenvalue weighted by molar-refractivity contribution is -0.127. The van der Waals surface area contributed by atoms with Gasteiger partial charge in [0.1, 0.15) is 0 Å². The van der Waals surface area contributed by atoms with Crippen LogP contribution in [0, 0.1) is 5.92 Å². The number of alkyl halides is 2. The number of benzene rings is 1. The van der Waals surface area contributed by atoms with E-state index in [9.17, 15) is 13.6 Å². The van der Waals surface area contributed by atoms with Crippen molar-refractivity contribution in [1.29, 1.82) is 0 Å². The van der Waals surface area contributed by atoms with Crippen LogP contribution in [0.1, 0.15) is 38.7 Å². The van der Waals surface area contributed by atoms with E-state index in [1.54, 1.807) is 24.0 Å². The smallest absolute Gasteiger partial charge is 0.387 e. The fourth-order valence-corrected chi connectivity index (χ4v) is 2.66. The molecule has 0 N–H and O–H groups in total. The summed E-state index contributed by atoms with van der Waals surface area (Å²) in [5, 5.41) is 0. The Morgan fingerprint density at radius 3 is 2.65 bits per heavy atom. The van der Waals surface area contributed by atoms with Gasteiger partial charge < -0.3 is 14.4 Å². The van der Waals surface area contributed by atoms with Crippen LogP contribution in [0.2, 0.25) is 0 Å². The van der Waals surface area contributed by atoms with E-state index in [1.807, 2.05) is 13.8 Å². The van der Waals surface area contributed by atoms with Gasteiger partial charge in [0, 0.05) is 25.9 Å². The fraction of sp³-hybridized carbons (Fsp3) is 0.588. The summed E-state index contributed by atoms with van der Waals surface area (Å²) in [7, 11) is 0. The number of halogens is 2. The van der Waals surface area contributed by atoms with Crippen LogP contribution in [-0.4, -0.2) is 37.1 Å². The maximum Gasteiger partial charge on any atom is 0.387 e. The number of carbonyl (C=O) groups is 1. The number of hydrogen-bond acceptors (Lipinski definition) is 3. The third kappa shape index (κ3) is 4.81. The lowest BCUT2D eigenvalue weighted by Gasteiger charge is -2.18. The van der Waals surface area contributed by atoms with E-state index >= 15 is 0 Å². The van der Waals surface area contributed by atoms with E-state index in [2.05, 4.69) is 4.74 Å². The van der Waals surface area contributed by atoms with E-state index in [-0.39, 0.29) is 23.5 Å². The predicted octanol–water partition coefficient (Wildman–Crippen LogP) is 3.66. The summed E-state index contributed by atoms with van der Waals surface area (Å²) >= 11 is 0. The van der Waals surface area contributed by atoms with E-state index in [0.29, 0.717) is 18.9 Å². The van der Waals surface area contributed by atoms with Gasteiger partial charge in [-0.25, -0.2) is 0 Å². The van der Waals surface area contributed by atoms with Crippen LogP contribution in [0.25, 0.3) is 0 Å². The minimum absolute atomic E-state index is 0.0471. The zero-order chi connectivity index (χ0) is 17.0. The summed E-state index contributed by atoms with van der Waals surface area (Å²) in [6, 6.07) is 5.05. The van der Waals surface area contributed by atoms with Gasteiger partial charge >= 0.3 is 6.61 Å². The summed E-state index contributed by atoms with van der Waals surface area (Å²) in [6.07, 6.45) is 0.859. The van der Waals surface area contributed by atoms with Gasteiger partial charge in [0.15, 0.2) is 11.5 Å². The molecule has 0 unspecified atom stereocenters. The van der Waals surface area contributed by atoms with Gasteiger partial charge in [-0.15, -0.1) is 0 Å². The number of hydrogen-bond donors (Lipinski definition) is 0. The number of amides is 1. The van der Waals surface area contributed by atoms with Gasteiger partial charge in [-0.1, -0.05) is 19.9 Å². The molecule has 0 aromatic heterocycles. The topological polar surface area (TPSA) is 38.8 Å². The minimum Gasteiger partial charge on any atom is -0.489 e. The third-order valence-electron chi connectivity index (χ3n) is 3.86. The van der Waals surface area contributed by atoms with Gasteiger partial charge in [-0.2, -0.15) is 8.78 Å². The van der Waals surface area contributed by atoms with Crippen LogP contribution < -0.4 is 9.47 Å². The molecule has 128 valence electrons. The normalized spacial score (nSPS) is 17.9. The molecule has 1 fully saturated rings. The molecule has 1 amide bonds. The first kappa shape index (κ1) is 17.5. The number of rotatable bonds is 6. The second-order valence-corrected chi connectivity index (χ2v) is 6.24. The molecule has 1 aliphatic heterocycles. The highest BCUT2D eigenvalue weighted by Gasteiger charge is 2.26. The zero-order valence-corrected chi connectivity index (χ0v) is 13.7. The van der Waals surface area contributed by atoms with Crippen LogP contribution >= 0.6 is 0 Å². The average Bonchev–Trinajstić information content (AvgIpc) is 2.95. The highest BCUT2D eigenvalue weighted by Crippen LogP contribution is 2.35. The van der Waals surface area contributed by atoms with Gasteiger partial charge in [-0.05, 0) is 30.0 Å². The van der Waals surface area contributed by atoms with Crippen LogP contribution in [0.15, 0.2) is 18.2 Å². The molecule has 4 nitrogen and oxygen atoms in total. The first-order chi connectivity index (χ1) is 10.9. The van der Waals surface area contributed by atoms with Crippen molar-refractivity contribution < 1.29 is 23.0 Å². The monoisotopic (exact) mass is 327 g/mol. The summed E-state index contributed by atoms with van der Waals surface area (Å²) < 4.78 is 35.2. The Morgan fingerprint density at radius 1 is 1.35 bits per heavy atom. The predicted molar refractivity (Wildman–Crippen MR) is 83.0 cm³/mol. The zero-order valence-electron chi connectivity index (χ0n) is 13.7. The first-order valence-electron chi connectivity index (χ1n) is 7.84. The molecule has 0 radical (unpaired) electrons. The quantitative estimate of drug-likeness (QED) is 0.800. The Bertz CT molecular complexity index is 549. The second-order valence-electron chi connectivity index (χ2n) is 6.24. The highest BCUT2D eigenvalue weighted by atomic mass is 19.3. The van der Waals surface area contributed by atoms with Gasteiger partial charge in [0.25, 0.3) is 0 Å². The number of likely N-dealkylation sites (tertiary alicyclic amines) is 1. The molecule has 0 spiro atoms. The molecule has 2 rings (SSSR count). The van der Waals surface area contributed by atoms with E-state index in [1.165, 1.54) is 6.07 Å². The molecule has 1 atom stereocenters. The number of nitrogens with zero attached hydrogens (tertiary/aromatic N) is 1. The maximum absolute atomic E-state index is 12.5. The van der Waals surface area contributed by atoms with Crippen molar-refractivity contribution in [3.05, 3.63) is 23.8 Å². The molecular weight excluding hydrogens is 304 g/mol. The molecule has 23 heavy (non-hydrogen) atoms. The maximum atomic E-state index is 12.5. The average molecular weight is 327 g/mol. The Morgan fingerprint density at radius 2 is 2.09 bits per heavy atom. The largest absolute Gasteiger partial charge is 0.489 e. The van der Waals surface area contributed by atoms with Crippen LogP contribution in [0.3, 0.4) is 0 Å². The number of ether oxygens (including phenoxy) is 2. The molecule has 1 aromatic rings. The van der Waals surface area contributed by atoms with E-state index in [4.69, 9.17) is 4.74 Å². The van der Waals surface area contributed by atoms with Crippen molar-refractivity contribution in [2.75, 3.05) is 19.7 Å². The molecule has 1 aliphatic rings. The van der Waals surface area contributed by atoms with Crippen molar-refractivity contribution in [2.24, 2.45) is 5.92 Å². The molecule has 0 aliphatic carbocycles. The van der Waals surface area contributed by atoms with Crippen molar-refractivity contribution in [1.82, 2.24) is 4.90 Å².